The van der Waals surface area contributed by atoms with E-state index in [9.17, 15) is 18.0 Å². The van der Waals surface area contributed by atoms with Gasteiger partial charge in [0, 0.05) is 12.2 Å². The molecule has 0 spiro atoms. The van der Waals surface area contributed by atoms with Crippen molar-refractivity contribution in [1.29, 1.82) is 0 Å². The van der Waals surface area contributed by atoms with Gasteiger partial charge in [-0.2, -0.15) is 0 Å². The lowest BCUT2D eigenvalue weighted by Gasteiger charge is -2.11. The number of amides is 1. The van der Waals surface area contributed by atoms with Crippen molar-refractivity contribution in [2.75, 3.05) is 24.5 Å². The molecule has 8 nitrogen and oxygen atoms in total. The van der Waals surface area contributed by atoms with Crippen molar-refractivity contribution in [1.82, 2.24) is 5.32 Å². The van der Waals surface area contributed by atoms with E-state index in [1.807, 2.05) is 6.92 Å². The van der Waals surface area contributed by atoms with Gasteiger partial charge in [-0.05, 0) is 56.3 Å². The van der Waals surface area contributed by atoms with Crippen molar-refractivity contribution in [3.05, 3.63) is 53.1 Å². The van der Waals surface area contributed by atoms with Crippen molar-refractivity contribution >= 4 is 39.2 Å². The lowest BCUT2D eigenvalue weighted by Crippen LogP contribution is -2.27. The van der Waals surface area contributed by atoms with E-state index >= 15 is 0 Å². The van der Waals surface area contributed by atoms with Crippen molar-refractivity contribution in [2.45, 2.75) is 25.2 Å². The third-order valence-electron chi connectivity index (χ3n) is 3.83. The van der Waals surface area contributed by atoms with Crippen LogP contribution in [0.15, 0.2) is 47.4 Å². The van der Waals surface area contributed by atoms with Crippen LogP contribution >= 0.6 is 11.6 Å². The number of nitrogens with one attached hydrogen (secondary N) is 2. The fraction of sp³-hybridized carbons (Fsp3) is 0.300. The van der Waals surface area contributed by atoms with Gasteiger partial charge in [0.25, 0.3) is 15.9 Å². The van der Waals surface area contributed by atoms with E-state index in [1.165, 1.54) is 18.2 Å². The molecule has 10 heteroatoms. The molecule has 30 heavy (non-hydrogen) atoms. The molecule has 2 aromatic carbocycles. The summed E-state index contributed by atoms with van der Waals surface area (Å²) in [6, 6.07) is 10.2. The largest absolute Gasteiger partial charge is 0.494 e. The number of benzene rings is 2. The molecule has 0 unspecified atom stereocenters. The van der Waals surface area contributed by atoms with Crippen LogP contribution in [-0.4, -0.2) is 40.1 Å². The van der Waals surface area contributed by atoms with Gasteiger partial charge in [-0.15, -0.1) is 0 Å². The normalized spacial score (nSPS) is 10.9. The number of carbonyl (C=O) groups excluding carboxylic acids is 2. The highest BCUT2D eigenvalue weighted by molar-refractivity contribution is 7.92. The fourth-order valence-electron chi connectivity index (χ4n) is 2.45. The summed E-state index contributed by atoms with van der Waals surface area (Å²) < 4.78 is 37.9. The average molecular weight is 455 g/mol. The molecule has 1 amide bonds. The summed E-state index contributed by atoms with van der Waals surface area (Å²) in [4.78, 5) is 23.6. The van der Waals surface area contributed by atoms with Gasteiger partial charge in [-0.1, -0.05) is 11.6 Å². The molecule has 0 saturated heterocycles. The second kappa shape index (κ2) is 10.8. The van der Waals surface area contributed by atoms with Crippen molar-refractivity contribution in [2.24, 2.45) is 0 Å². The minimum atomic E-state index is -3.96. The Labute approximate surface area is 180 Å². The number of ether oxygens (including phenoxy) is 2. The molecule has 2 N–H and O–H groups in total. The van der Waals surface area contributed by atoms with E-state index in [0.717, 1.165) is 0 Å². The number of sulfonamides is 1. The topological polar surface area (TPSA) is 111 Å². The molecule has 0 aliphatic heterocycles. The Morgan fingerprint density at radius 3 is 2.37 bits per heavy atom. The first-order chi connectivity index (χ1) is 14.3. The SMILES string of the molecule is CCOC(=O)CCNC(=O)c1cc(S(=O)(=O)Nc2ccc(OCC)cc2)ccc1Cl. The second-order valence-corrected chi connectivity index (χ2v) is 8.11. The molecule has 0 radical (unpaired) electrons. The smallest absolute Gasteiger partial charge is 0.307 e. The fourth-order valence-corrected chi connectivity index (χ4v) is 3.74. The zero-order valence-electron chi connectivity index (χ0n) is 16.6. The van der Waals surface area contributed by atoms with Crippen LogP contribution in [0.5, 0.6) is 5.75 Å². The van der Waals surface area contributed by atoms with Gasteiger partial charge in [0.15, 0.2) is 0 Å². The zero-order chi connectivity index (χ0) is 22.1. The average Bonchev–Trinajstić information content (AvgIpc) is 2.69. The summed E-state index contributed by atoms with van der Waals surface area (Å²) in [7, 11) is -3.96. The summed E-state index contributed by atoms with van der Waals surface area (Å²) in [6.45, 7) is 4.32. The molecule has 0 bridgehead atoms. The number of hydrogen-bond acceptors (Lipinski definition) is 6. The number of halogens is 1. The highest BCUT2D eigenvalue weighted by atomic mass is 35.5. The summed E-state index contributed by atoms with van der Waals surface area (Å²) in [5.41, 5.74) is 0.323. The molecule has 0 fully saturated rings. The predicted molar refractivity (Wildman–Crippen MR) is 113 cm³/mol. The van der Waals surface area contributed by atoms with E-state index in [-0.39, 0.29) is 35.1 Å². The van der Waals surface area contributed by atoms with E-state index in [1.54, 1.807) is 31.2 Å². The van der Waals surface area contributed by atoms with Crippen LogP contribution in [-0.2, 0) is 19.6 Å². The molecule has 2 rings (SSSR count). The Kier molecular flexibility index (Phi) is 8.49. The zero-order valence-corrected chi connectivity index (χ0v) is 18.2. The van der Waals surface area contributed by atoms with Crippen molar-refractivity contribution in [3.8, 4) is 5.75 Å². The van der Waals surface area contributed by atoms with E-state index in [4.69, 9.17) is 21.1 Å². The van der Waals surface area contributed by atoms with E-state index in [2.05, 4.69) is 10.0 Å². The molecule has 0 aliphatic rings. The van der Waals surface area contributed by atoms with Gasteiger partial charge in [-0.3, -0.25) is 14.3 Å². The molecule has 0 aliphatic carbocycles. The first kappa shape index (κ1) is 23.5. The maximum absolute atomic E-state index is 12.7. The maximum atomic E-state index is 12.7. The molecule has 2 aromatic rings. The molecular weight excluding hydrogens is 432 g/mol. The Hall–Kier alpha value is -2.78. The number of anilines is 1. The molecule has 0 atom stereocenters. The van der Waals surface area contributed by atoms with Gasteiger partial charge < -0.3 is 14.8 Å². The number of carbonyl (C=O) groups is 2. The minimum absolute atomic E-state index is 0.00547. The lowest BCUT2D eigenvalue weighted by molar-refractivity contribution is -0.142. The van der Waals surface area contributed by atoms with Gasteiger partial charge in [0.1, 0.15) is 5.75 Å². The number of rotatable bonds is 10. The second-order valence-electron chi connectivity index (χ2n) is 6.02. The Bertz CT molecular complexity index is 993. The van der Waals surface area contributed by atoms with Gasteiger partial charge in [-0.25, -0.2) is 8.42 Å². The molecule has 0 saturated carbocycles. The van der Waals surface area contributed by atoms with Gasteiger partial charge in [0.2, 0.25) is 0 Å². The Morgan fingerprint density at radius 2 is 1.73 bits per heavy atom. The third-order valence-corrected chi connectivity index (χ3v) is 5.54. The highest BCUT2D eigenvalue weighted by Gasteiger charge is 2.19. The van der Waals surface area contributed by atoms with Crippen LogP contribution in [0.25, 0.3) is 0 Å². The molecule has 0 heterocycles. The molecule has 0 aromatic heterocycles. The van der Waals surface area contributed by atoms with Crippen molar-refractivity contribution < 1.29 is 27.5 Å². The van der Waals surface area contributed by atoms with Crippen LogP contribution in [0.2, 0.25) is 5.02 Å². The summed E-state index contributed by atoms with van der Waals surface area (Å²) >= 11 is 6.06. The van der Waals surface area contributed by atoms with E-state index in [0.29, 0.717) is 18.0 Å². The summed E-state index contributed by atoms with van der Waals surface area (Å²) in [6.07, 6.45) is -0.00547. The Morgan fingerprint density at radius 1 is 1.03 bits per heavy atom. The Balaban J connectivity index is 2.11. The van der Waals surface area contributed by atoms with Crippen LogP contribution in [0.3, 0.4) is 0 Å². The monoisotopic (exact) mass is 454 g/mol. The number of esters is 1. The van der Waals surface area contributed by atoms with Crippen LogP contribution in [0.4, 0.5) is 5.69 Å². The standard InChI is InChI=1S/C20H23ClN2O6S/c1-3-28-15-7-5-14(6-8-15)23-30(26,27)16-9-10-18(21)17(13-16)20(25)22-12-11-19(24)29-4-2/h5-10,13,23H,3-4,11-12H2,1-2H3,(H,22,25). The number of hydrogen-bond donors (Lipinski definition) is 2. The maximum Gasteiger partial charge on any atom is 0.307 e. The minimum Gasteiger partial charge on any atom is -0.494 e. The first-order valence-electron chi connectivity index (χ1n) is 9.26. The molecule has 162 valence electrons. The molecular formula is C20H23ClN2O6S. The predicted octanol–water partition coefficient (Wildman–Crippen LogP) is 3.22. The summed E-state index contributed by atoms with van der Waals surface area (Å²) in [5.74, 6) is -0.420. The highest BCUT2D eigenvalue weighted by Crippen LogP contribution is 2.23. The summed E-state index contributed by atoms with van der Waals surface area (Å²) in [5, 5.41) is 2.61. The van der Waals surface area contributed by atoms with Crippen molar-refractivity contribution in [3.63, 3.8) is 0 Å². The lowest BCUT2D eigenvalue weighted by atomic mass is 10.2. The van der Waals surface area contributed by atoms with Crippen LogP contribution < -0.4 is 14.8 Å². The van der Waals surface area contributed by atoms with Crippen LogP contribution in [0, 0.1) is 0 Å². The quantitative estimate of drug-likeness (QED) is 0.533. The third kappa shape index (κ3) is 6.64. The van der Waals surface area contributed by atoms with Crippen LogP contribution in [0.1, 0.15) is 30.6 Å². The van der Waals surface area contributed by atoms with Gasteiger partial charge in [0.05, 0.1) is 35.1 Å². The van der Waals surface area contributed by atoms with Gasteiger partial charge >= 0.3 is 5.97 Å². The first-order valence-corrected chi connectivity index (χ1v) is 11.1. The van der Waals surface area contributed by atoms with E-state index < -0.39 is 21.9 Å².